The molecule has 0 aliphatic heterocycles. The number of rotatable bonds is 41. The number of aliphatic hydroxyl groups excluding tert-OH is 2. The zero-order valence-electron chi connectivity index (χ0n) is 34.4. The Kier molecular flexibility index (Phi) is 39.9. The molecule has 3 N–H and O–H groups in total. The minimum Gasteiger partial charge on any atom is -0.457 e. The van der Waals surface area contributed by atoms with Crippen LogP contribution >= 0.6 is 7.82 Å². The van der Waals surface area contributed by atoms with Gasteiger partial charge in [0.2, 0.25) is 0 Å². The van der Waals surface area contributed by atoms with Gasteiger partial charge in [0.25, 0.3) is 0 Å². The van der Waals surface area contributed by atoms with E-state index in [4.69, 9.17) is 23.6 Å². The number of unbranched alkanes of at least 4 members (excludes halogenated alkanes) is 19. The predicted octanol–water partition coefficient (Wildman–Crippen LogP) is 11.8. The molecule has 0 radical (unpaired) electrons. The van der Waals surface area contributed by atoms with Gasteiger partial charge in [0, 0.05) is 13.0 Å². The molecule has 316 valence electrons. The molecule has 0 amide bonds. The number of phosphoric ester groups is 1. The van der Waals surface area contributed by atoms with Crippen molar-refractivity contribution in [2.75, 3.05) is 33.0 Å². The van der Waals surface area contributed by atoms with Crippen molar-refractivity contribution >= 4 is 13.8 Å². The highest BCUT2D eigenvalue weighted by Crippen LogP contribution is 2.43. The minimum atomic E-state index is -4.53. The number of carbonyl (C=O) groups excluding carboxylic acids is 1. The van der Waals surface area contributed by atoms with Crippen molar-refractivity contribution in [1.29, 1.82) is 0 Å². The number of hydrogen-bond donors (Lipinski definition) is 3. The van der Waals surface area contributed by atoms with Gasteiger partial charge in [0.05, 0.1) is 26.4 Å². The summed E-state index contributed by atoms with van der Waals surface area (Å²) in [6.07, 6.45) is 45.3. The molecular weight excluding hydrogens is 703 g/mol. The molecule has 3 unspecified atom stereocenters. The number of ether oxygens (including phenoxy) is 2. The first-order chi connectivity index (χ1) is 26.3. The zero-order chi connectivity index (χ0) is 39.6. The van der Waals surface area contributed by atoms with E-state index in [1.54, 1.807) is 0 Å². The Balaban J connectivity index is 4.17. The van der Waals surface area contributed by atoms with Crippen LogP contribution in [0.3, 0.4) is 0 Å². The second-order valence-corrected chi connectivity index (χ2v) is 15.8. The highest BCUT2D eigenvalue weighted by atomic mass is 31.2. The summed E-state index contributed by atoms with van der Waals surface area (Å²) in [5, 5.41) is 18.3. The molecule has 0 fully saturated rings. The smallest absolute Gasteiger partial charge is 0.457 e. The monoisotopic (exact) mass is 785 g/mol. The maximum Gasteiger partial charge on any atom is 0.472 e. The highest BCUT2D eigenvalue weighted by molar-refractivity contribution is 7.47. The van der Waals surface area contributed by atoms with Crippen molar-refractivity contribution in [3.8, 4) is 0 Å². The highest BCUT2D eigenvalue weighted by Gasteiger charge is 2.26. The second kappa shape index (κ2) is 41.1. The van der Waals surface area contributed by atoms with E-state index >= 15 is 0 Å². The molecule has 54 heavy (non-hydrogen) atoms. The van der Waals surface area contributed by atoms with Crippen LogP contribution < -0.4 is 0 Å². The summed E-state index contributed by atoms with van der Waals surface area (Å²) in [7, 11) is -4.53. The van der Waals surface area contributed by atoms with Crippen molar-refractivity contribution < 1.29 is 43.0 Å². The van der Waals surface area contributed by atoms with Gasteiger partial charge in [-0.2, -0.15) is 0 Å². The van der Waals surface area contributed by atoms with Crippen LogP contribution in [0.5, 0.6) is 0 Å². The van der Waals surface area contributed by atoms with Crippen LogP contribution in [0.2, 0.25) is 0 Å². The standard InChI is InChI=1S/C44H81O9P/c1-3-5-7-9-11-13-15-17-18-19-20-21-22-23-25-27-29-31-33-35-37-50-40-43(41-52-54(48,49)51-39-42(46)38-45)53-44(47)36-34-32-30-28-26-24-16-14-12-10-8-6-4-2/h6,8,12,14,24,26,30,32,42-43,45-46H,3-5,7,9-11,13,15-23,25,27-29,31,33-41H2,1-2H3,(H,48,49)/b8-6-,14-12-,26-24-,32-30-. The second-order valence-electron chi connectivity index (χ2n) is 14.3. The quantitative estimate of drug-likeness (QED) is 0.0240. The Morgan fingerprint density at radius 2 is 1.02 bits per heavy atom. The third kappa shape index (κ3) is 40.1. The lowest BCUT2D eigenvalue weighted by Gasteiger charge is -2.20. The van der Waals surface area contributed by atoms with Crippen molar-refractivity contribution in [3.05, 3.63) is 48.6 Å². The van der Waals surface area contributed by atoms with Crippen LogP contribution in [0.1, 0.15) is 181 Å². The van der Waals surface area contributed by atoms with Crippen molar-refractivity contribution in [2.24, 2.45) is 0 Å². The van der Waals surface area contributed by atoms with Gasteiger partial charge < -0.3 is 24.6 Å². The van der Waals surface area contributed by atoms with Gasteiger partial charge in [-0.1, -0.05) is 184 Å². The fourth-order valence-electron chi connectivity index (χ4n) is 5.78. The average Bonchev–Trinajstić information content (AvgIpc) is 3.16. The van der Waals surface area contributed by atoms with Gasteiger partial charge in [0.1, 0.15) is 12.2 Å². The first kappa shape index (κ1) is 52.4. The molecule has 0 heterocycles. The van der Waals surface area contributed by atoms with Crippen molar-refractivity contribution in [3.63, 3.8) is 0 Å². The Morgan fingerprint density at radius 3 is 1.48 bits per heavy atom. The van der Waals surface area contributed by atoms with Crippen LogP contribution in [0.15, 0.2) is 48.6 Å². The van der Waals surface area contributed by atoms with Crippen molar-refractivity contribution in [2.45, 2.75) is 193 Å². The number of aliphatic hydroxyl groups is 2. The lowest BCUT2D eigenvalue weighted by molar-refractivity contribution is -0.154. The molecule has 0 aliphatic carbocycles. The summed E-state index contributed by atoms with van der Waals surface area (Å²) in [5.74, 6) is -0.460. The summed E-state index contributed by atoms with van der Waals surface area (Å²) in [6, 6.07) is 0. The first-order valence-electron chi connectivity index (χ1n) is 21.6. The molecule has 0 aliphatic rings. The number of phosphoric acid groups is 1. The molecule has 9 nitrogen and oxygen atoms in total. The van der Waals surface area contributed by atoms with Gasteiger partial charge in [-0.05, 0) is 38.5 Å². The molecule has 0 spiro atoms. The molecule has 0 bridgehead atoms. The fraction of sp³-hybridized carbons (Fsp3) is 0.795. The van der Waals surface area contributed by atoms with Gasteiger partial charge >= 0.3 is 13.8 Å². The van der Waals surface area contributed by atoms with E-state index in [2.05, 4.69) is 50.3 Å². The topological polar surface area (TPSA) is 132 Å². The van der Waals surface area contributed by atoms with E-state index in [1.807, 2.05) is 12.2 Å². The largest absolute Gasteiger partial charge is 0.472 e. The Labute approximate surface area is 330 Å². The van der Waals surface area contributed by atoms with Gasteiger partial charge in [-0.15, -0.1) is 0 Å². The fourth-order valence-corrected chi connectivity index (χ4v) is 6.57. The summed E-state index contributed by atoms with van der Waals surface area (Å²) in [6.45, 7) is 3.32. The SMILES string of the molecule is CC/C=C\C/C=C\C/C=C\C/C=C\CCC(=O)OC(COCCCCCCCCCCCCCCCCCCCCCC)COP(=O)(O)OCC(O)CO. The predicted molar refractivity (Wildman–Crippen MR) is 223 cm³/mol. The molecule has 0 saturated carbocycles. The molecule has 0 aromatic carbocycles. The van der Waals surface area contributed by atoms with E-state index < -0.39 is 45.8 Å². The van der Waals surface area contributed by atoms with Crippen LogP contribution in [-0.4, -0.2) is 66.3 Å². The maximum absolute atomic E-state index is 12.5. The lowest BCUT2D eigenvalue weighted by Crippen LogP contribution is -2.29. The maximum atomic E-state index is 12.5. The molecule has 10 heteroatoms. The number of esters is 1. The summed E-state index contributed by atoms with van der Waals surface area (Å²) in [5.41, 5.74) is 0. The third-order valence-corrected chi connectivity index (χ3v) is 9.99. The van der Waals surface area contributed by atoms with E-state index in [1.165, 1.54) is 109 Å². The number of carbonyl (C=O) groups is 1. The van der Waals surface area contributed by atoms with E-state index in [9.17, 15) is 19.4 Å². The molecule has 0 aromatic rings. The van der Waals surface area contributed by atoms with Gasteiger partial charge in [-0.3, -0.25) is 13.8 Å². The van der Waals surface area contributed by atoms with Crippen LogP contribution in [0.25, 0.3) is 0 Å². The zero-order valence-corrected chi connectivity index (χ0v) is 35.3. The number of hydrogen-bond acceptors (Lipinski definition) is 8. The van der Waals surface area contributed by atoms with Crippen LogP contribution in [-0.2, 0) is 27.9 Å². The average molecular weight is 785 g/mol. The summed E-state index contributed by atoms with van der Waals surface area (Å²) < 4.78 is 33.2. The van der Waals surface area contributed by atoms with Gasteiger partial charge in [0.15, 0.2) is 0 Å². The number of allylic oxidation sites excluding steroid dienone is 8. The normalized spacial score (nSPS) is 14.5. The Morgan fingerprint density at radius 1 is 0.593 bits per heavy atom. The van der Waals surface area contributed by atoms with Crippen LogP contribution in [0.4, 0.5) is 0 Å². The lowest BCUT2D eigenvalue weighted by atomic mass is 10.0. The van der Waals surface area contributed by atoms with Crippen LogP contribution in [0, 0.1) is 0 Å². The summed E-state index contributed by atoms with van der Waals surface area (Å²) in [4.78, 5) is 22.5. The molecule has 0 aromatic heterocycles. The Bertz CT molecular complexity index is 981. The Hall–Kier alpha value is -1.58. The van der Waals surface area contributed by atoms with E-state index in [0.717, 1.165) is 44.9 Å². The van der Waals surface area contributed by atoms with E-state index in [0.29, 0.717) is 13.0 Å². The van der Waals surface area contributed by atoms with Crippen molar-refractivity contribution in [1.82, 2.24) is 0 Å². The third-order valence-electron chi connectivity index (χ3n) is 9.04. The van der Waals surface area contributed by atoms with E-state index in [-0.39, 0.29) is 13.0 Å². The van der Waals surface area contributed by atoms with Gasteiger partial charge in [-0.25, -0.2) is 4.57 Å². The minimum absolute atomic E-state index is 0.0219. The molecule has 3 atom stereocenters. The molecule has 0 rings (SSSR count). The first-order valence-corrected chi connectivity index (χ1v) is 23.1. The molecular formula is C44H81O9P. The summed E-state index contributed by atoms with van der Waals surface area (Å²) >= 11 is 0. The molecule has 0 saturated heterocycles.